The van der Waals surface area contributed by atoms with Gasteiger partial charge < -0.3 is 38.3 Å². The summed E-state index contributed by atoms with van der Waals surface area (Å²) in [4.78, 5) is 92.3. The van der Waals surface area contributed by atoms with Crippen molar-refractivity contribution in [2.24, 2.45) is 21.7 Å². The van der Waals surface area contributed by atoms with Gasteiger partial charge in [0.15, 0.2) is 5.75 Å². The Kier molecular flexibility index (Phi) is 24.2. The van der Waals surface area contributed by atoms with Gasteiger partial charge in [0.25, 0.3) is 0 Å². The van der Waals surface area contributed by atoms with Gasteiger partial charge in [0.05, 0.1) is 38.6 Å². The molecule has 76 heavy (non-hydrogen) atoms. The van der Waals surface area contributed by atoms with Crippen molar-refractivity contribution in [2.75, 3.05) is 5.32 Å². The number of unbranched alkanes of at least 4 members (excludes halogenated alkanes) is 4. The van der Waals surface area contributed by atoms with E-state index >= 15 is 0 Å². The molecule has 19 nitrogen and oxygen atoms in total. The number of amides is 1. The van der Waals surface area contributed by atoms with Crippen molar-refractivity contribution >= 4 is 74.4 Å². The summed E-state index contributed by atoms with van der Waals surface area (Å²) < 4.78 is 75.1. The van der Waals surface area contributed by atoms with Gasteiger partial charge in [0.2, 0.25) is 22.0 Å². The molecule has 2 atom stereocenters. The van der Waals surface area contributed by atoms with E-state index < -0.39 is 105 Å². The number of hydrogen-bond donors (Lipinski definition) is 1. The van der Waals surface area contributed by atoms with E-state index in [2.05, 4.69) is 12.2 Å². The molecule has 3 aromatic rings. The van der Waals surface area contributed by atoms with Crippen LogP contribution in [0.2, 0.25) is 0 Å². The molecule has 3 rings (SSSR count). The van der Waals surface area contributed by atoms with E-state index in [1.807, 2.05) is 37.5 Å². The molecule has 1 aromatic heterocycles. The number of aryl methyl sites for hydroxylation is 2. The van der Waals surface area contributed by atoms with Gasteiger partial charge >= 0.3 is 48.8 Å². The highest BCUT2D eigenvalue weighted by atomic mass is 31.2. The van der Waals surface area contributed by atoms with Crippen LogP contribution in [-0.4, -0.2) is 64.6 Å². The first-order valence-electron chi connectivity index (χ1n) is 25.9. The fourth-order valence-electron chi connectivity index (χ4n) is 6.88. The summed E-state index contributed by atoms with van der Waals surface area (Å²) >= 11 is 0. The Hall–Kier alpha value is -5.35. The van der Waals surface area contributed by atoms with Gasteiger partial charge in [0, 0.05) is 37.3 Å². The number of benzene rings is 2. The van der Waals surface area contributed by atoms with Crippen molar-refractivity contribution in [3.05, 3.63) is 42.0 Å². The number of carbonyl (C=O) groups excluding carboxylic acids is 7. The molecule has 0 aliphatic carbocycles. The topological polar surface area (TPSA) is 244 Å². The fourth-order valence-corrected chi connectivity index (χ4v) is 9.72. The molecule has 0 radical (unpaired) electrons. The van der Waals surface area contributed by atoms with Gasteiger partial charge in [-0.25, -0.2) is 0 Å². The molecule has 2 unspecified atom stereocenters. The average Bonchev–Trinajstić information content (AvgIpc) is 3.57. The normalized spacial score (nSPS) is 13.4. The van der Waals surface area contributed by atoms with Gasteiger partial charge in [-0.05, 0) is 158 Å². The third kappa shape index (κ3) is 19.9. The van der Waals surface area contributed by atoms with E-state index in [1.165, 1.54) is 83.1 Å². The zero-order chi connectivity index (χ0) is 57.5. The van der Waals surface area contributed by atoms with Gasteiger partial charge in [-0.1, -0.05) is 39.5 Å². The van der Waals surface area contributed by atoms with Crippen molar-refractivity contribution < 1.29 is 80.2 Å². The number of ether oxygens (including phenoxy) is 6. The summed E-state index contributed by atoms with van der Waals surface area (Å²) in [6.45, 7) is 22.1. The first-order valence-corrected chi connectivity index (χ1v) is 28.7. The van der Waals surface area contributed by atoms with Crippen LogP contribution in [0.4, 0.5) is 5.69 Å². The van der Waals surface area contributed by atoms with E-state index in [4.69, 9.17) is 37.5 Å². The molecule has 424 valence electrons. The molecule has 0 saturated heterocycles. The van der Waals surface area contributed by atoms with Crippen molar-refractivity contribution in [2.45, 2.75) is 200 Å². The van der Waals surface area contributed by atoms with Crippen LogP contribution in [0.3, 0.4) is 0 Å². The number of carbonyl (C=O) groups is 7. The number of rotatable bonds is 26. The van der Waals surface area contributed by atoms with Gasteiger partial charge in [0.1, 0.15) is 11.1 Å². The lowest BCUT2D eigenvalue weighted by Gasteiger charge is -2.28. The summed E-state index contributed by atoms with van der Waals surface area (Å²) in [5, 5.41) is 1.74. The molecule has 0 aliphatic heterocycles. The van der Waals surface area contributed by atoms with Gasteiger partial charge in [-0.3, -0.25) is 51.7 Å². The second-order valence-electron chi connectivity index (χ2n) is 22.7. The quantitative estimate of drug-likeness (QED) is 0.0258. The number of aromatic nitrogens is 1. The summed E-state index contributed by atoms with van der Waals surface area (Å²) in [5.74, 6) is -4.82. The molecule has 0 aliphatic rings. The first kappa shape index (κ1) is 64.9. The Bertz CT molecular complexity index is 2450. The predicted molar refractivity (Wildman–Crippen MR) is 289 cm³/mol. The van der Waals surface area contributed by atoms with Crippen molar-refractivity contribution in [1.82, 2.24) is 4.57 Å². The first-order chi connectivity index (χ1) is 35.2. The third-order valence-corrected chi connectivity index (χ3v) is 15.5. The van der Waals surface area contributed by atoms with E-state index in [0.29, 0.717) is 36.0 Å². The minimum Gasteiger partial charge on any atom is -0.427 e. The number of anilines is 1. The standard InChI is InChI=1S/C55H82N2O17P2/c1-17-20-22-24-42(59)67-36-28-26-35(27-29-36)45-34(4)37-32-38(40(33-39(37)57(45)19-3)68-43(60)25-23-21-18-2)56-41(58)30-31-44(75(65)73-50(69-46(61)52(5,6)7)70-47(62)53(8,9)10)76(66)74-51(71-48(63)54(11,12)13)72-49(64)55(14,15)16/h26-29,32-33,44,50-51,75-76H,17-25,30-31H2,1-16H3,(H,56,58). The van der Waals surface area contributed by atoms with Crippen LogP contribution < -0.4 is 14.8 Å². The van der Waals surface area contributed by atoms with Gasteiger partial charge in [-0.2, -0.15) is 0 Å². The molecule has 0 bridgehead atoms. The van der Waals surface area contributed by atoms with E-state index in [0.717, 1.165) is 48.9 Å². The van der Waals surface area contributed by atoms with Crippen LogP contribution in [0.15, 0.2) is 36.4 Å². The molecule has 0 spiro atoms. The number of nitrogens with one attached hydrogen (secondary N) is 1. The maximum absolute atomic E-state index is 14.4. The predicted octanol–water partition coefficient (Wildman–Crippen LogP) is 12.6. The molecule has 2 aromatic carbocycles. The number of nitrogens with zero attached hydrogens (tertiary/aromatic N) is 1. The SMILES string of the molecule is CCCCCC(=O)Oc1ccc(-c2c(C)c3cc(NC(=O)CCC([PH](=O)OC(OC(=O)C(C)(C)C)OC(=O)C(C)(C)C)[PH](=O)OC(OC(=O)C(C)(C)C)OC(=O)C(C)(C)C)c(OC(=O)CCCCC)cc3n2CC)cc1. The molecule has 0 fully saturated rings. The second-order valence-corrected chi connectivity index (χ2v) is 26.4. The highest BCUT2D eigenvalue weighted by molar-refractivity contribution is 7.58. The molecule has 1 heterocycles. The second kappa shape index (κ2) is 28.3. The van der Waals surface area contributed by atoms with E-state index in [9.17, 15) is 42.7 Å². The lowest BCUT2D eigenvalue weighted by atomic mass is 9.97. The molecular formula is C55H82N2O17P2. The van der Waals surface area contributed by atoms with Crippen LogP contribution in [0.5, 0.6) is 11.5 Å². The van der Waals surface area contributed by atoms with Crippen LogP contribution in [-0.2, 0) is 77.2 Å². The molecular weight excluding hydrogens is 1020 g/mol. The number of esters is 6. The zero-order valence-electron chi connectivity index (χ0n) is 47.4. The van der Waals surface area contributed by atoms with Crippen molar-refractivity contribution in [1.29, 1.82) is 0 Å². The van der Waals surface area contributed by atoms with Crippen LogP contribution in [0.25, 0.3) is 22.2 Å². The maximum atomic E-state index is 14.4. The Balaban J connectivity index is 2.13. The monoisotopic (exact) mass is 1100 g/mol. The summed E-state index contributed by atoms with van der Waals surface area (Å²) in [6, 6.07) is 10.5. The minimum atomic E-state index is -3.90. The number of hydrogen-bond acceptors (Lipinski definition) is 17. The third-order valence-electron chi connectivity index (χ3n) is 11.5. The smallest absolute Gasteiger partial charge is 0.370 e. The average molecular weight is 1110 g/mol. The zero-order valence-corrected chi connectivity index (χ0v) is 49.4. The van der Waals surface area contributed by atoms with Crippen molar-refractivity contribution in [3.8, 4) is 22.8 Å². The van der Waals surface area contributed by atoms with Crippen LogP contribution >= 0.6 is 16.1 Å². The molecule has 0 saturated carbocycles. The lowest BCUT2D eigenvalue weighted by Crippen LogP contribution is -2.35. The Morgan fingerprint density at radius 2 is 1.00 bits per heavy atom. The van der Waals surface area contributed by atoms with Gasteiger partial charge in [-0.15, -0.1) is 0 Å². The fraction of sp³-hybridized carbons (Fsp3) is 0.618. The molecule has 1 amide bonds. The molecule has 21 heteroatoms. The van der Waals surface area contributed by atoms with Crippen LogP contribution in [0, 0.1) is 28.6 Å². The number of fused-ring (bicyclic) bond motifs is 1. The van der Waals surface area contributed by atoms with E-state index in [1.54, 1.807) is 24.3 Å². The Labute approximate surface area is 449 Å². The van der Waals surface area contributed by atoms with Crippen LogP contribution in [0.1, 0.15) is 174 Å². The largest absolute Gasteiger partial charge is 0.427 e. The highest BCUT2D eigenvalue weighted by Crippen LogP contribution is 2.51. The summed E-state index contributed by atoms with van der Waals surface area (Å²) in [6.07, 6.45) is 4.18. The van der Waals surface area contributed by atoms with Crippen molar-refractivity contribution in [3.63, 3.8) is 0 Å². The minimum absolute atomic E-state index is 0.0325. The van der Waals surface area contributed by atoms with E-state index in [-0.39, 0.29) is 23.8 Å². The molecule has 1 N–H and O–H groups in total. The Morgan fingerprint density at radius 1 is 0.579 bits per heavy atom. The summed E-state index contributed by atoms with van der Waals surface area (Å²) in [5.41, 5.74) is -1.44. The highest BCUT2D eigenvalue weighted by Gasteiger charge is 2.39. The summed E-state index contributed by atoms with van der Waals surface area (Å²) in [7, 11) is -7.80. The maximum Gasteiger partial charge on any atom is 0.370 e. The lowest BCUT2D eigenvalue weighted by molar-refractivity contribution is -0.244. The Morgan fingerprint density at radius 3 is 1.39 bits per heavy atom.